The number of hydrogen-bond acceptors (Lipinski definition) is 5. The van der Waals surface area contributed by atoms with Crippen molar-refractivity contribution in [3.05, 3.63) is 52.2 Å². The molecule has 0 radical (unpaired) electrons. The molecule has 4 aliphatic carbocycles. The molecule has 2 aromatic carbocycles. The molecule has 2 aromatic rings. The van der Waals surface area contributed by atoms with Gasteiger partial charge >= 0.3 is 5.97 Å². The Kier molecular flexibility index (Phi) is 6.60. The van der Waals surface area contributed by atoms with Crippen LogP contribution in [-0.2, 0) is 10.1 Å². The SMILES string of the molecule is O=C(Oc1ccc(S(=O)(=O)[O-])c(C2C3CC4CC(C3)CC2C4)c1)c1cc(I)cc(I)c1I. The highest BCUT2D eigenvalue weighted by atomic mass is 127. The van der Waals surface area contributed by atoms with Crippen LogP contribution in [0.4, 0.5) is 0 Å². The number of rotatable bonds is 4. The summed E-state index contributed by atoms with van der Waals surface area (Å²) in [6, 6.07) is 8.16. The molecule has 4 fully saturated rings. The molecule has 0 unspecified atom stereocenters. The number of esters is 1. The fourth-order valence-corrected chi connectivity index (χ4v) is 9.47. The monoisotopic (exact) mass is 789 g/mol. The summed E-state index contributed by atoms with van der Waals surface area (Å²) < 4.78 is 44.7. The molecule has 0 N–H and O–H groups in total. The fourth-order valence-electron chi connectivity index (χ4n) is 6.38. The van der Waals surface area contributed by atoms with Crippen molar-refractivity contribution < 1.29 is 22.5 Å². The van der Waals surface area contributed by atoms with Crippen molar-refractivity contribution in [2.45, 2.75) is 42.9 Å². The molecule has 6 rings (SSSR count). The predicted molar refractivity (Wildman–Crippen MR) is 144 cm³/mol. The third-order valence-electron chi connectivity index (χ3n) is 7.26. The van der Waals surface area contributed by atoms with Gasteiger partial charge in [-0.3, -0.25) is 0 Å². The maximum Gasteiger partial charge on any atom is 0.344 e. The largest absolute Gasteiger partial charge is 0.744 e. The Balaban J connectivity index is 1.51. The second kappa shape index (κ2) is 8.90. The lowest BCUT2D eigenvalue weighted by Crippen LogP contribution is -2.44. The Morgan fingerprint density at radius 1 is 0.938 bits per heavy atom. The lowest BCUT2D eigenvalue weighted by Gasteiger charge is -2.55. The maximum absolute atomic E-state index is 12.9. The van der Waals surface area contributed by atoms with Crippen LogP contribution >= 0.6 is 67.8 Å². The van der Waals surface area contributed by atoms with Gasteiger partial charge in [0.2, 0.25) is 0 Å². The lowest BCUT2D eigenvalue weighted by atomic mass is 9.51. The van der Waals surface area contributed by atoms with Gasteiger partial charge in [0.25, 0.3) is 0 Å². The molecule has 32 heavy (non-hydrogen) atoms. The Labute approximate surface area is 228 Å². The highest BCUT2D eigenvalue weighted by Crippen LogP contribution is 2.60. The first-order valence-corrected chi connectivity index (χ1v) is 15.2. The summed E-state index contributed by atoms with van der Waals surface area (Å²) in [4.78, 5) is 12.8. The van der Waals surface area contributed by atoms with E-state index in [0.29, 0.717) is 23.0 Å². The first-order chi connectivity index (χ1) is 15.1. The van der Waals surface area contributed by atoms with E-state index in [1.54, 1.807) is 12.1 Å². The van der Waals surface area contributed by atoms with E-state index in [4.69, 9.17) is 4.74 Å². The van der Waals surface area contributed by atoms with Crippen molar-refractivity contribution in [1.29, 1.82) is 0 Å². The number of carbonyl (C=O) groups is 1. The minimum absolute atomic E-state index is 0.0407. The van der Waals surface area contributed by atoms with Crippen molar-refractivity contribution in [2.75, 3.05) is 0 Å². The van der Waals surface area contributed by atoms with Crippen LogP contribution in [0, 0.1) is 34.4 Å². The van der Waals surface area contributed by atoms with Crippen molar-refractivity contribution in [1.82, 2.24) is 0 Å². The van der Waals surface area contributed by atoms with E-state index in [2.05, 4.69) is 67.8 Å². The van der Waals surface area contributed by atoms with E-state index >= 15 is 0 Å². The normalized spacial score (nSPS) is 28.7. The van der Waals surface area contributed by atoms with Crippen molar-refractivity contribution >= 4 is 83.9 Å². The van der Waals surface area contributed by atoms with E-state index < -0.39 is 16.1 Å². The number of hydrogen-bond donors (Lipinski definition) is 0. The minimum Gasteiger partial charge on any atom is -0.744 e. The molecule has 4 aliphatic rings. The van der Waals surface area contributed by atoms with Gasteiger partial charge < -0.3 is 9.29 Å². The van der Waals surface area contributed by atoms with E-state index in [1.165, 1.54) is 18.6 Å². The first kappa shape index (κ1) is 23.7. The van der Waals surface area contributed by atoms with Gasteiger partial charge in [-0.05, 0) is 165 Å². The molecule has 5 nitrogen and oxygen atoms in total. The lowest BCUT2D eigenvalue weighted by molar-refractivity contribution is -0.00374. The summed E-state index contributed by atoms with van der Waals surface area (Å²) in [7, 11) is -4.63. The number of ether oxygens (including phenoxy) is 1. The third kappa shape index (κ3) is 4.49. The van der Waals surface area contributed by atoms with E-state index in [1.807, 2.05) is 6.07 Å². The average Bonchev–Trinajstić information content (AvgIpc) is 2.69. The van der Waals surface area contributed by atoms with E-state index in [-0.39, 0.29) is 16.6 Å². The van der Waals surface area contributed by atoms with Crippen LogP contribution in [0.15, 0.2) is 35.2 Å². The Morgan fingerprint density at radius 3 is 2.16 bits per heavy atom. The third-order valence-corrected chi connectivity index (χ3v) is 11.8. The zero-order chi connectivity index (χ0) is 22.8. The van der Waals surface area contributed by atoms with Gasteiger partial charge in [0, 0.05) is 10.7 Å². The zero-order valence-electron chi connectivity index (χ0n) is 16.9. The van der Waals surface area contributed by atoms with Crippen LogP contribution < -0.4 is 4.74 Å². The summed E-state index contributed by atoms with van der Waals surface area (Å²) in [5.74, 6) is 2.10. The summed E-state index contributed by atoms with van der Waals surface area (Å²) in [5.41, 5.74) is 1.02. The highest BCUT2D eigenvalue weighted by molar-refractivity contribution is 14.1. The van der Waals surface area contributed by atoms with Crippen LogP contribution in [0.2, 0.25) is 0 Å². The van der Waals surface area contributed by atoms with E-state index in [0.717, 1.165) is 48.2 Å². The van der Waals surface area contributed by atoms with Crippen molar-refractivity contribution in [3.8, 4) is 5.75 Å². The predicted octanol–water partition coefficient (Wildman–Crippen LogP) is 6.16. The van der Waals surface area contributed by atoms with Crippen LogP contribution in [0.25, 0.3) is 0 Å². The zero-order valence-corrected chi connectivity index (χ0v) is 24.2. The Morgan fingerprint density at radius 2 is 1.56 bits per heavy atom. The molecule has 0 aliphatic heterocycles. The molecular weight excluding hydrogens is 769 g/mol. The highest BCUT2D eigenvalue weighted by Gasteiger charge is 2.49. The van der Waals surface area contributed by atoms with Crippen LogP contribution in [0.3, 0.4) is 0 Å². The van der Waals surface area contributed by atoms with Crippen LogP contribution in [-0.4, -0.2) is 18.9 Å². The number of halogens is 3. The number of benzene rings is 2. The fraction of sp³-hybridized carbons (Fsp3) is 0.435. The molecule has 0 spiro atoms. The Hall–Kier alpha value is 0.0100. The molecule has 0 saturated heterocycles. The van der Waals surface area contributed by atoms with Gasteiger partial charge in [-0.2, -0.15) is 0 Å². The molecule has 0 amide bonds. The summed E-state index contributed by atoms with van der Waals surface area (Å²) >= 11 is 6.48. The topological polar surface area (TPSA) is 83.5 Å². The average molecular weight is 789 g/mol. The van der Waals surface area contributed by atoms with Gasteiger partial charge in [0.1, 0.15) is 15.9 Å². The van der Waals surface area contributed by atoms with Crippen molar-refractivity contribution in [2.24, 2.45) is 23.7 Å². The van der Waals surface area contributed by atoms with Gasteiger partial charge in [0.15, 0.2) is 0 Å². The first-order valence-electron chi connectivity index (χ1n) is 10.6. The van der Waals surface area contributed by atoms with Gasteiger partial charge in [0.05, 0.1) is 10.5 Å². The molecular formula is C23H20I3O5S-. The molecule has 0 atom stereocenters. The quantitative estimate of drug-likeness (QED) is 0.122. The standard InChI is InChI=1S/C23H21I3O5S/c24-15-8-18(22(26)19(25)9-15)23(27)31-16-1-2-20(32(28,29)30)17(10-16)21-13-4-11-3-12(6-13)7-14(21)5-11/h1-2,8-14,21H,3-7H2,(H,28,29,30)/p-1. The summed E-state index contributed by atoms with van der Waals surface area (Å²) in [6.07, 6.45) is 5.67. The molecule has 170 valence electrons. The maximum atomic E-state index is 12.9. The van der Waals surface area contributed by atoms with Crippen LogP contribution in [0.5, 0.6) is 5.75 Å². The molecule has 0 aromatic heterocycles. The number of carbonyl (C=O) groups excluding carboxylic acids is 1. The van der Waals surface area contributed by atoms with E-state index in [9.17, 15) is 17.8 Å². The van der Waals surface area contributed by atoms with Gasteiger partial charge in [-0.1, -0.05) is 0 Å². The molecule has 4 saturated carbocycles. The van der Waals surface area contributed by atoms with Crippen LogP contribution in [0.1, 0.15) is 53.9 Å². The molecule has 4 bridgehead atoms. The smallest absolute Gasteiger partial charge is 0.344 e. The summed E-state index contributed by atoms with van der Waals surface area (Å²) in [5, 5.41) is 0. The molecule has 9 heteroatoms. The molecule has 0 heterocycles. The minimum atomic E-state index is -4.63. The Bertz CT molecular complexity index is 1180. The van der Waals surface area contributed by atoms with Crippen molar-refractivity contribution in [3.63, 3.8) is 0 Å². The van der Waals surface area contributed by atoms with Gasteiger partial charge in [-0.25, -0.2) is 13.2 Å². The van der Waals surface area contributed by atoms with Gasteiger partial charge in [-0.15, -0.1) is 0 Å². The second-order valence-electron chi connectivity index (χ2n) is 9.25. The summed E-state index contributed by atoms with van der Waals surface area (Å²) in [6.45, 7) is 0. The second-order valence-corrected chi connectivity index (χ2v) is 14.1.